The van der Waals surface area contributed by atoms with Gasteiger partial charge in [0.2, 0.25) is 5.78 Å². The van der Waals surface area contributed by atoms with Crippen LogP contribution in [0.1, 0.15) is 31.4 Å². The Morgan fingerprint density at radius 2 is 1.79 bits per heavy atom. The largest absolute Gasteiger partial charge is 0.276 e. The van der Waals surface area contributed by atoms with Crippen LogP contribution in [-0.2, 0) is 12.3 Å². The molecule has 4 aromatic rings. The number of aromatic nitrogens is 4. The highest BCUT2D eigenvalue weighted by Crippen LogP contribution is 2.25. The number of fused-ring (bicyclic) bond motifs is 3. The summed E-state index contributed by atoms with van der Waals surface area (Å²) in [7, 11) is 0. The third-order valence-corrected chi connectivity index (χ3v) is 5.90. The molecule has 2 heterocycles. The van der Waals surface area contributed by atoms with Crippen LogP contribution in [0.2, 0.25) is 0 Å². The van der Waals surface area contributed by atoms with Gasteiger partial charge < -0.3 is 0 Å². The number of benzene rings is 2. The molecule has 2 aromatic heterocycles. The van der Waals surface area contributed by atoms with Gasteiger partial charge in [-0.05, 0) is 37.0 Å². The molecule has 0 spiro atoms. The van der Waals surface area contributed by atoms with Crippen molar-refractivity contribution < 1.29 is 0 Å². The summed E-state index contributed by atoms with van der Waals surface area (Å²) < 4.78 is 3.79. The van der Waals surface area contributed by atoms with Gasteiger partial charge in [0, 0.05) is 12.3 Å². The molecule has 0 amide bonds. The Labute approximate surface area is 168 Å². The minimum absolute atomic E-state index is 0.00577. The Kier molecular flexibility index (Phi) is 5.22. The third-order valence-electron chi connectivity index (χ3n) is 4.90. The lowest BCUT2D eigenvalue weighted by molar-refractivity contribution is 0.512. The summed E-state index contributed by atoms with van der Waals surface area (Å²) >= 11 is 1.64. The molecule has 0 unspecified atom stereocenters. The molecule has 5 nitrogen and oxygen atoms in total. The average molecular weight is 393 g/mol. The molecule has 0 saturated carbocycles. The molecule has 6 heteroatoms. The van der Waals surface area contributed by atoms with Crippen LogP contribution in [0.4, 0.5) is 0 Å². The predicted octanol–water partition coefficient (Wildman–Crippen LogP) is 4.69. The van der Waals surface area contributed by atoms with Crippen molar-refractivity contribution in [2.45, 2.75) is 44.6 Å². The van der Waals surface area contributed by atoms with E-state index < -0.39 is 0 Å². The molecule has 2 aromatic carbocycles. The quantitative estimate of drug-likeness (QED) is 0.447. The maximum absolute atomic E-state index is 13.1. The Balaban J connectivity index is 1.80. The molecule has 144 valence electrons. The van der Waals surface area contributed by atoms with Crippen LogP contribution in [0.15, 0.2) is 58.5 Å². The van der Waals surface area contributed by atoms with E-state index in [1.54, 1.807) is 16.3 Å². The van der Waals surface area contributed by atoms with Gasteiger partial charge in [0.25, 0.3) is 5.56 Å². The van der Waals surface area contributed by atoms with Gasteiger partial charge in [0.1, 0.15) is 0 Å². The number of nitrogens with zero attached hydrogens (tertiary/aromatic N) is 4. The van der Waals surface area contributed by atoms with Gasteiger partial charge in [-0.25, -0.2) is 0 Å². The Bertz CT molecular complexity index is 1180. The first-order valence-corrected chi connectivity index (χ1v) is 10.6. The first kappa shape index (κ1) is 18.7. The zero-order chi connectivity index (χ0) is 19.7. The van der Waals surface area contributed by atoms with E-state index in [0.717, 1.165) is 22.8 Å². The van der Waals surface area contributed by atoms with Gasteiger partial charge in [-0.2, -0.15) is 0 Å². The molecule has 4 rings (SSSR count). The lowest BCUT2D eigenvalue weighted by Crippen LogP contribution is -2.24. The SMILES string of the molecule is Cc1ccc(CSc2nnc3n(CCC(C)C)c(=O)c4ccccc4n23)cc1. The van der Waals surface area contributed by atoms with Gasteiger partial charge in [0.15, 0.2) is 5.16 Å². The van der Waals surface area contributed by atoms with Crippen molar-refractivity contribution in [3.8, 4) is 0 Å². The highest BCUT2D eigenvalue weighted by Gasteiger charge is 2.16. The van der Waals surface area contributed by atoms with Crippen molar-refractivity contribution in [2.75, 3.05) is 0 Å². The van der Waals surface area contributed by atoms with Crippen LogP contribution in [-0.4, -0.2) is 19.2 Å². The second kappa shape index (κ2) is 7.80. The van der Waals surface area contributed by atoms with E-state index in [-0.39, 0.29) is 5.56 Å². The fourth-order valence-corrected chi connectivity index (χ4v) is 4.14. The van der Waals surface area contributed by atoms with E-state index in [1.165, 1.54) is 11.1 Å². The highest BCUT2D eigenvalue weighted by molar-refractivity contribution is 7.98. The van der Waals surface area contributed by atoms with E-state index in [4.69, 9.17) is 0 Å². The molecule has 0 aliphatic rings. The topological polar surface area (TPSA) is 52.2 Å². The summed E-state index contributed by atoms with van der Waals surface area (Å²) in [5, 5.41) is 10.3. The van der Waals surface area contributed by atoms with Crippen molar-refractivity contribution in [1.29, 1.82) is 0 Å². The number of para-hydroxylation sites is 1. The van der Waals surface area contributed by atoms with Crippen molar-refractivity contribution >= 4 is 28.4 Å². The monoisotopic (exact) mass is 392 g/mol. The molecule has 0 aliphatic carbocycles. The number of aryl methyl sites for hydroxylation is 2. The molecular formula is C22H24N4OS. The van der Waals surface area contributed by atoms with E-state index in [9.17, 15) is 4.79 Å². The van der Waals surface area contributed by atoms with Crippen LogP contribution in [0.25, 0.3) is 16.7 Å². The smallest absolute Gasteiger partial charge is 0.262 e. The first-order valence-electron chi connectivity index (χ1n) is 9.59. The maximum atomic E-state index is 13.1. The minimum atomic E-state index is 0.00577. The van der Waals surface area contributed by atoms with E-state index >= 15 is 0 Å². The van der Waals surface area contributed by atoms with Gasteiger partial charge in [-0.1, -0.05) is 67.6 Å². The Hall–Kier alpha value is -2.60. The highest BCUT2D eigenvalue weighted by atomic mass is 32.2. The van der Waals surface area contributed by atoms with Gasteiger partial charge in [-0.15, -0.1) is 10.2 Å². The van der Waals surface area contributed by atoms with Crippen LogP contribution >= 0.6 is 11.8 Å². The third kappa shape index (κ3) is 3.56. The van der Waals surface area contributed by atoms with E-state index in [1.807, 2.05) is 28.7 Å². The second-order valence-corrected chi connectivity index (χ2v) is 8.49. The lowest BCUT2D eigenvalue weighted by Gasteiger charge is -2.12. The molecule has 0 atom stereocenters. The number of hydrogen-bond donors (Lipinski definition) is 0. The standard InChI is InChI=1S/C22H24N4OS/c1-15(2)12-13-25-20(27)18-6-4-5-7-19(18)26-21(25)23-24-22(26)28-14-17-10-8-16(3)9-11-17/h4-11,15H,12-14H2,1-3H3. The van der Waals surface area contributed by atoms with Gasteiger partial charge in [0.05, 0.1) is 10.9 Å². The van der Waals surface area contributed by atoms with Gasteiger partial charge >= 0.3 is 0 Å². The van der Waals surface area contributed by atoms with Crippen LogP contribution in [0, 0.1) is 12.8 Å². The zero-order valence-corrected chi connectivity index (χ0v) is 17.2. The molecule has 28 heavy (non-hydrogen) atoms. The molecule has 0 fully saturated rings. The molecule has 0 aliphatic heterocycles. The summed E-state index contributed by atoms with van der Waals surface area (Å²) in [4.78, 5) is 13.1. The number of rotatable bonds is 6. The zero-order valence-electron chi connectivity index (χ0n) is 16.4. The molecule has 0 radical (unpaired) electrons. The fraction of sp³-hybridized carbons (Fsp3) is 0.318. The summed E-state index contributed by atoms with van der Waals surface area (Å²) in [6.07, 6.45) is 0.923. The Morgan fingerprint density at radius 1 is 1.04 bits per heavy atom. The van der Waals surface area contributed by atoms with Crippen LogP contribution in [0.5, 0.6) is 0 Å². The first-order chi connectivity index (χ1) is 13.5. The molecule has 0 saturated heterocycles. The number of hydrogen-bond acceptors (Lipinski definition) is 4. The van der Waals surface area contributed by atoms with Crippen molar-refractivity contribution in [2.24, 2.45) is 5.92 Å². The van der Waals surface area contributed by atoms with Crippen LogP contribution < -0.4 is 5.56 Å². The molecule has 0 N–H and O–H groups in total. The minimum Gasteiger partial charge on any atom is -0.276 e. The van der Waals surface area contributed by atoms with Crippen LogP contribution in [0.3, 0.4) is 0 Å². The molecular weight excluding hydrogens is 368 g/mol. The summed E-state index contributed by atoms with van der Waals surface area (Å²) in [5.74, 6) is 1.94. The van der Waals surface area contributed by atoms with Crippen molar-refractivity contribution in [1.82, 2.24) is 19.2 Å². The lowest BCUT2D eigenvalue weighted by atomic mass is 10.1. The van der Waals surface area contributed by atoms with Crippen molar-refractivity contribution in [3.63, 3.8) is 0 Å². The maximum Gasteiger partial charge on any atom is 0.262 e. The second-order valence-electron chi connectivity index (χ2n) is 7.55. The summed E-state index contributed by atoms with van der Waals surface area (Å²) in [5.41, 5.74) is 3.36. The Morgan fingerprint density at radius 3 is 2.54 bits per heavy atom. The van der Waals surface area contributed by atoms with E-state index in [2.05, 4.69) is 55.2 Å². The van der Waals surface area contributed by atoms with Gasteiger partial charge in [-0.3, -0.25) is 13.8 Å². The normalized spacial score (nSPS) is 11.7. The average Bonchev–Trinajstić information content (AvgIpc) is 3.11. The van der Waals surface area contributed by atoms with Crippen molar-refractivity contribution in [3.05, 3.63) is 70.0 Å². The number of thioether (sulfide) groups is 1. The summed E-state index contributed by atoms with van der Waals surface area (Å²) in [6, 6.07) is 16.2. The molecule has 0 bridgehead atoms. The summed E-state index contributed by atoms with van der Waals surface area (Å²) in [6.45, 7) is 7.06. The predicted molar refractivity (Wildman–Crippen MR) is 115 cm³/mol. The van der Waals surface area contributed by atoms with E-state index in [0.29, 0.717) is 23.6 Å². The fourth-order valence-electron chi connectivity index (χ4n) is 3.25.